The number of allylic oxidation sites excluding steroid dienone is 16. The van der Waals surface area contributed by atoms with Gasteiger partial charge in [0, 0.05) is 12.8 Å². The Morgan fingerprint density at radius 3 is 0.964 bits per heavy atom. The molecule has 0 aromatic rings. The first kappa shape index (κ1) is 79.2. The lowest BCUT2D eigenvalue weighted by Gasteiger charge is -2.25. The van der Waals surface area contributed by atoms with E-state index in [0.29, 0.717) is 17.4 Å². The number of likely N-dealkylation sites (N-methyl/N-ethyl adjacent to an activating group) is 1. The standard InChI is InChI=1S/C74H129NO8/c1-6-8-10-12-14-16-18-20-22-24-26-28-30-31-32-33-34-35-36-37-38-39-40-41-43-45-47-49-51-53-55-57-59-61-63-65-72(77)83-70(69-82-74(73(78)79)80-67-66-75(3,4)5)68-81-71(76)64-62-60-58-56-54-52-50-48-46-44-42-29-27-25-23-21-19-17-15-13-11-9-7-2/h8-11,14-17,20-23,26-29,70,74H,6-7,12-13,18-19,24-25,30-69H2,1-5H3/p+1/b10-8-,11-9-,16-14-,17-15-,22-20-,23-21-,28-26-,29-27-. The number of carboxylic acids is 1. The molecule has 9 heteroatoms. The van der Waals surface area contributed by atoms with Crippen LogP contribution >= 0.6 is 0 Å². The summed E-state index contributed by atoms with van der Waals surface area (Å²) >= 11 is 0. The summed E-state index contributed by atoms with van der Waals surface area (Å²) in [6.07, 6.45) is 85.2. The Bertz CT molecular complexity index is 1680. The predicted molar refractivity (Wildman–Crippen MR) is 355 cm³/mol. The number of carbonyl (C=O) groups excluding carboxylic acids is 2. The van der Waals surface area contributed by atoms with Crippen molar-refractivity contribution in [2.75, 3.05) is 47.5 Å². The van der Waals surface area contributed by atoms with Crippen LogP contribution in [0.3, 0.4) is 0 Å². The summed E-state index contributed by atoms with van der Waals surface area (Å²) < 4.78 is 23.0. The number of quaternary nitrogens is 1. The molecule has 0 aliphatic rings. The van der Waals surface area contributed by atoms with Gasteiger partial charge in [0.15, 0.2) is 6.10 Å². The summed E-state index contributed by atoms with van der Waals surface area (Å²) in [6.45, 7) is 4.68. The van der Waals surface area contributed by atoms with Gasteiger partial charge in [-0.3, -0.25) is 9.59 Å². The molecule has 0 saturated carbocycles. The molecule has 0 fully saturated rings. The Kier molecular flexibility index (Phi) is 61.3. The van der Waals surface area contributed by atoms with Crippen LogP contribution in [0, 0.1) is 0 Å². The maximum atomic E-state index is 12.9. The Hall–Kier alpha value is -3.79. The van der Waals surface area contributed by atoms with E-state index in [4.69, 9.17) is 18.9 Å². The lowest BCUT2D eigenvalue weighted by atomic mass is 10.0. The Morgan fingerprint density at radius 1 is 0.361 bits per heavy atom. The van der Waals surface area contributed by atoms with E-state index in [1.54, 1.807) is 0 Å². The van der Waals surface area contributed by atoms with Crippen LogP contribution in [0.15, 0.2) is 97.2 Å². The molecule has 0 radical (unpaired) electrons. The zero-order valence-corrected chi connectivity index (χ0v) is 54.6. The van der Waals surface area contributed by atoms with E-state index >= 15 is 0 Å². The van der Waals surface area contributed by atoms with Crippen LogP contribution in [0.1, 0.15) is 296 Å². The van der Waals surface area contributed by atoms with E-state index in [-0.39, 0.29) is 32.2 Å². The number of rotatable bonds is 63. The van der Waals surface area contributed by atoms with Crippen molar-refractivity contribution >= 4 is 17.9 Å². The lowest BCUT2D eigenvalue weighted by Crippen LogP contribution is -2.40. The number of nitrogens with zero attached hydrogens (tertiary/aromatic N) is 1. The first-order valence-electron chi connectivity index (χ1n) is 34.4. The fourth-order valence-electron chi connectivity index (χ4n) is 9.65. The van der Waals surface area contributed by atoms with E-state index in [0.717, 1.165) is 96.3 Å². The van der Waals surface area contributed by atoms with Crippen molar-refractivity contribution < 1.29 is 42.9 Å². The number of unbranched alkanes of at least 4 members (excludes halogenated alkanes) is 32. The summed E-state index contributed by atoms with van der Waals surface area (Å²) in [6, 6.07) is 0. The maximum absolute atomic E-state index is 12.9. The SMILES string of the molecule is CC/C=C\C/C=C\C/C=C\C/C=C\CCCCCCCCCCCCCCCCCCCCCCCCC(=O)OC(COC(=O)CCCCCCCCCCCC/C=C\C/C=C\C/C=C\C/C=C\CC)COC(OCC[N+](C)(C)C)C(=O)O. The zero-order valence-electron chi connectivity index (χ0n) is 54.6. The van der Waals surface area contributed by atoms with Gasteiger partial charge in [0.2, 0.25) is 0 Å². The first-order chi connectivity index (χ1) is 40.6. The van der Waals surface area contributed by atoms with Gasteiger partial charge >= 0.3 is 17.9 Å². The normalized spacial score (nSPS) is 13.3. The Labute approximate surface area is 512 Å². The van der Waals surface area contributed by atoms with Gasteiger partial charge in [-0.2, -0.15) is 0 Å². The zero-order chi connectivity index (χ0) is 60.5. The molecule has 0 aromatic carbocycles. The van der Waals surface area contributed by atoms with Crippen LogP contribution in [0.5, 0.6) is 0 Å². The van der Waals surface area contributed by atoms with Gasteiger partial charge in [0.1, 0.15) is 13.2 Å². The third kappa shape index (κ3) is 65.6. The van der Waals surface area contributed by atoms with E-state index in [1.165, 1.54) is 173 Å². The summed E-state index contributed by atoms with van der Waals surface area (Å²) in [4.78, 5) is 37.6. The average Bonchev–Trinajstić information content (AvgIpc) is 3.46. The number of aliphatic carboxylic acids is 1. The van der Waals surface area contributed by atoms with Crippen molar-refractivity contribution in [3.05, 3.63) is 97.2 Å². The number of esters is 2. The van der Waals surface area contributed by atoms with Gasteiger partial charge < -0.3 is 28.5 Å². The molecule has 0 spiro atoms. The highest BCUT2D eigenvalue weighted by Crippen LogP contribution is 2.18. The number of hydrogen-bond donors (Lipinski definition) is 1. The van der Waals surface area contributed by atoms with Gasteiger partial charge in [0.25, 0.3) is 6.29 Å². The van der Waals surface area contributed by atoms with Gasteiger partial charge in [-0.15, -0.1) is 0 Å². The van der Waals surface area contributed by atoms with Crippen molar-refractivity contribution in [2.24, 2.45) is 0 Å². The molecule has 478 valence electrons. The minimum atomic E-state index is -1.51. The molecule has 2 atom stereocenters. The molecule has 0 aliphatic carbocycles. The van der Waals surface area contributed by atoms with Crippen molar-refractivity contribution in [1.29, 1.82) is 0 Å². The smallest absolute Gasteiger partial charge is 0.361 e. The molecule has 83 heavy (non-hydrogen) atoms. The lowest BCUT2D eigenvalue weighted by molar-refractivity contribution is -0.870. The van der Waals surface area contributed by atoms with E-state index in [1.807, 2.05) is 21.1 Å². The summed E-state index contributed by atoms with van der Waals surface area (Å²) in [7, 11) is 5.98. The molecular formula is C74H130NO8+. The number of carbonyl (C=O) groups is 3. The first-order valence-corrected chi connectivity index (χ1v) is 34.4. The van der Waals surface area contributed by atoms with Crippen molar-refractivity contribution in [3.63, 3.8) is 0 Å². The Balaban J connectivity index is 4.07. The maximum Gasteiger partial charge on any atom is 0.361 e. The second kappa shape index (κ2) is 64.2. The highest BCUT2D eigenvalue weighted by molar-refractivity contribution is 5.71. The molecule has 0 amide bonds. The highest BCUT2D eigenvalue weighted by atomic mass is 16.7. The molecule has 0 heterocycles. The topological polar surface area (TPSA) is 108 Å². The molecule has 1 N–H and O–H groups in total. The van der Waals surface area contributed by atoms with E-state index in [9.17, 15) is 19.5 Å². The fraction of sp³-hybridized carbons (Fsp3) is 0.743. The molecule has 2 unspecified atom stereocenters. The molecule has 0 saturated heterocycles. The summed E-state index contributed by atoms with van der Waals surface area (Å²) in [5, 5.41) is 9.74. The second-order valence-electron chi connectivity index (χ2n) is 24.1. The summed E-state index contributed by atoms with van der Waals surface area (Å²) in [5.41, 5.74) is 0. The number of carboxylic acid groups (broad SMARTS) is 1. The minimum Gasteiger partial charge on any atom is -0.477 e. The van der Waals surface area contributed by atoms with Crippen LogP contribution in [0.2, 0.25) is 0 Å². The van der Waals surface area contributed by atoms with Crippen molar-refractivity contribution in [2.45, 2.75) is 309 Å². The van der Waals surface area contributed by atoms with Gasteiger partial charge in [0.05, 0.1) is 34.4 Å². The predicted octanol–water partition coefficient (Wildman–Crippen LogP) is 21.2. The minimum absolute atomic E-state index is 0.185. The molecule has 0 rings (SSSR count). The molecule has 0 aromatic heterocycles. The third-order valence-electron chi connectivity index (χ3n) is 14.8. The van der Waals surface area contributed by atoms with E-state index in [2.05, 4.69) is 111 Å². The quantitative estimate of drug-likeness (QED) is 0.0211. The molecular weight excluding hydrogens is 1030 g/mol. The van der Waals surface area contributed by atoms with Gasteiger partial charge in [-0.25, -0.2) is 4.79 Å². The van der Waals surface area contributed by atoms with Crippen LogP contribution in [-0.4, -0.2) is 87.4 Å². The second-order valence-corrected chi connectivity index (χ2v) is 24.1. The monoisotopic (exact) mass is 1160 g/mol. The fourth-order valence-corrected chi connectivity index (χ4v) is 9.65. The summed E-state index contributed by atoms with van der Waals surface area (Å²) in [5.74, 6) is -2.00. The molecule has 9 nitrogen and oxygen atoms in total. The van der Waals surface area contributed by atoms with Gasteiger partial charge in [-0.05, 0) is 89.9 Å². The average molecular weight is 1160 g/mol. The number of hydrogen-bond acceptors (Lipinski definition) is 7. The van der Waals surface area contributed by atoms with Crippen molar-refractivity contribution in [1.82, 2.24) is 0 Å². The number of ether oxygens (including phenoxy) is 4. The van der Waals surface area contributed by atoms with E-state index < -0.39 is 24.3 Å². The molecule has 0 aliphatic heterocycles. The van der Waals surface area contributed by atoms with Crippen LogP contribution < -0.4 is 0 Å². The van der Waals surface area contributed by atoms with Crippen molar-refractivity contribution in [3.8, 4) is 0 Å². The molecule has 0 bridgehead atoms. The Morgan fingerprint density at radius 2 is 0.651 bits per heavy atom. The van der Waals surface area contributed by atoms with Gasteiger partial charge in [-0.1, -0.05) is 291 Å². The van der Waals surface area contributed by atoms with Crippen LogP contribution in [-0.2, 0) is 33.3 Å². The van der Waals surface area contributed by atoms with Crippen LogP contribution in [0.4, 0.5) is 0 Å². The third-order valence-corrected chi connectivity index (χ3v) is 14.8. The van der Waals surface area contributed by atoms with Crippen LogP contribution in [0.25, 0.3) is 0 Å². The highest BCUT2D eigenvalue weighted by Gasteiger charge is 2.25. The largest absolute Gasteiger partial charge is 0.477 e.